The van der Waals surface area contributed by atoms with Crippen LogP contribution in [-0.4, -0.2) is 57.6 Å². The van der Waals surface area contributed by atoms with Crippen molar-refractivity contribution in [3.05, 3.63) is 35.4 Å². The number of carbonyl (C=O) groups is 2. The zero-order valence-corrected chi connectivity index (χ0v) is 16.9. The maximum Gasteiger partial charge on any atom is 0.273 e. The van der Waals surface area contributed by atoms with Gasteiger partial charge in [0.25, 0.3) is 5.91 Å². The van der Waals surface area contributed by atoms with Crippen LogP contribution in [-0.2, 0) is 4.79 Å². The fraction of sp³-hybridized carbons (Fsp3) is 0.389. The molecule has 0 unspecified atom stereocenters. The zero-order valence-electron chi connectivity index (χ0n) is 16.0. The summed E-state index contributed by atoms with van der Waals surface area (Å²) < 4.78 is 0. The number of aromatic nitrogens is 3. The van der Waals surface area contributed by atoms with E-state index in [4.69, 9.17) is 5.73 Å². The van der Waals surface area contributed by atoms with Gasteiger partial charge in [0.15, 0.2) is 11.5 Å². The molecular formula is C18H23N7O2S. The number of amides is 2. The van der Waals surface area contributed by atoms with Crippen LogP contribution in [0, 0.1) is 6.92 Å². The van der Waals surface area contributed by atoms with Gasteiger partial charge in [0.05, 0.1) is 11.0 Å². The number of hydrogen-bond acceptors (Lipinski definition) is 8. The van der Waals surface area contributed by atoms with E-state index in [2.05, 4.69) is 27.1 Å². The minimum atomic E-state index is -0.707. The normalized spacial score (nSPS) is 18.8. The third kappa shape index (κ3) is 3.81. The third-order valence-electron chi connectivity index (χ3n) is 4.87. The predicted octanol–water partition coefficient (Wildman–Crippen LogP) is 1.70. The molecule has 0 aliphatic carbocycles. The van der Waals surface area contributed by atoms with E-state index in [0.29, 0.717) is 12.5 Å². The molecule has 1 aliphatic rings. The zero-order chi connectivity index (χ0) is 20.4. The van der Waals surface area contributed by atoms with Crippen LogP contribution >= 0.6 is 11.3 Å². The van der Waals surface area contributed by atoms with Gasteiger partial charge in [0.1, 0.15) is 0 Å². The highest BCUT2D eigenvalue weighted by Gasteiger charge is 2.36. The molecule has 0 bridgehead atoms. The molecule has 0 aromatic carbocycles. The minimum absolute atomic E-state index is 0.0157. The third-order valence-corrected chi connectivity index (χ3v) is 5.83. The summed E-state index contributed by atoms with van der Waals surface area (Å²) in [6.07, 6.45) is 2.09. The van der Waals surface area contributed by atoms with Crippen molar-refractivity contribution in [1.29, 1.82) is 0 Å². The smallest absolute Gasteiger partial charge is 0.273 e. The van der Waals surface area contributed by atoms with Gasteiger partial charge < -0.3 is 20.9 Å². The summed E-state index contributed by atoms with van der Waals surface area (Å²) in [4.78, 5) is 31.9. The van der Waals surface area contributed by atoms with Crippen LogP contribution < -0.4 is 16.0 Å². The average molecular weight is 401 g/mol. The Kier molecular flexibility index (Phi) is 5.59. The van der Waals surface area contributed by atoms with Crippen LogP contribution in [0.25, 0.3) is 0 Å². The Morgan fingerprint density at radius 1 is 1.46 bits per heavy atom. The van der Waals surface area contributed by atoms with E-state index in [0.717, 1.165) is 17.0 Å². The number of aryl methyl sites for hydroxylation is 1. The number of hydrogen-bond donors (Lipinski definition) is 2. The number of likely N-dealkylation sites (N-methyl/N-ethyl adjacent to an activating group) is 1. The molecule has 2 atom stereocenters. The fourth-order valence-corrected chi connectivity index (χ4v) is 4.14. The highest BCUT2D eigenvalue weighted by molar-refractivity contribution is 7.14. The number of anilines is 3. The second-order valence-corrected chi connectivity index (χ2v) is 7.64. The highest BCUT2D eigenvalue weighted by Crippen LogP contribution is 2.28. The van der Waals surface area contributed by atoms with Crippen molar-refractivity contribution in [1.82, 2.24) is 20.1 Å². The predicted molar refractivity (Wildman–Crippen MR) is 109 cm³/mol. The van der Waals surface area contributed by atoms with Crippen LogP contribution in [0.2, 0.25) is 0 Å². The molecule has 9 nitrogen and oxygen atoms in total. The van der Waals surface area contributed by atoms with Gasteiger partial charge in [-0.05, 0) is 43.4 Å². The molecule has 1 aliphatic heterocycles. The van der Waals surface area contributed by atoms with Crippen molar-refractivity contribution in [2.24, 2.45) is 5.73 Å². The van der Waals surface area contributed by atoms with E-state index < -0.39 is 5.91 Å². The van der Waals surface area contributed by atoms with Crippen molar-refractivity contribution in [3.63, 3.8) is 0 Å². The molecule has 3 N–H and O–H groups in total. The Bertz CT molecular complexity index is 913. The standard InChI is InChI=1S/C18H23N7O2S/c1-5-14(26)25-7-6-12(11(25)3)24(4)18-21-17(15(16(19)27)22-23-18)20-13-8-10(2)9-28-13/h5,8-9,11-12H,1,6-7H2,2-4H3,(H2,19,27)(H,20,21,23)/t11-,12-/m1/s1. The van der Waals surface area contributed by atoms with Gasteiger partial charge in [-0.1, -0.05) is 6.58 Å². The molecule has 28 heavy (non-hydrogen) atoms. The van der Waals surface area contributed by atoms with E-state index in [9.17, 15) is 9.59 Å². The number of carbonyl (C=O) groups excluding carboxylic acids is 2. The van der Waals surface area contributed by atoms with Crippen LogP contribution in [0.4, 0.5) is 16.8 Å². The largest absolute Gasteiger partial charge is 0.364 e. The number of rotatable bonds is 6. The maximum atomic E-state index is 12.0. The number of nitrogens with two attached hydrogens (primary N) is 1. The lowest BCUT2D eigenvalue weighted by molar-refractivity contribution is -0.126. The van der Waals surface area contributed by atoms with Gasteiger partial charge in [-0.3, -0.25) is 9.59 Å². The second kappa shape index (κ2) is 7.93. The van der Waals surface area contributed by atoms with Crippen molar-refractivity contribution in [2.45, 2.75) is 32.4 Å². The molecule has 0 saturated carbocycles. The highest BCUT2D eigenvalue weighted by atomic mass is 32.1. The van der Waals surface area contributed by atoms with Crippen LogP contribution in [0.15, 0.2) is 24.1 Å². The molecule has 2 amide bonds. The molecule has 1 saturated heterocycles. The summed E-state index contributed by atoms with van der Waals surface area (Å²) in [5.41, 5.74) is 6.50. The fourth-order valence-electron chi connectivity index (χ4n) is 3.35. The lowest BCUT2D eigenvalue weighted by atomic mass is 10.1. The van der Waals surface area contributed by atoms with E-state index in [1.54, 1.807) is 4.90 Å². The van der Waals surface area contributed by atoms with Crippen molar-refractivity contribution in [3.8, 4) is 0 Å². The van der Waals surface area contributed by atoms with E-state index >= 15 is 0 Å². The molecule has 10 heteroatoms. The summed E-state index contributed by atoms with van der Waals surface area (Å²) in [7, 11) is 1.85. The second-order valence-electron chi connectivity index (χ2n) is 6.73. The monoisotopic (exact) mass is 401 g/mol. The molecule has 2 aromatic rings. The van der Waals surface area contributed by atoms with Crippen molar-refractivity contribution in [2.75, 3.05) is 23.8 Å². The van der Waals surface area contributed by atoms with Crippen LogP contribution in [0.5, 0.6) is 0 Å². The maximum absolute atomic E-state index is 12.0. The summed E-state index contributed by atoms with van der Waals surface area (Å²) in [6, 6.07) is 1.92. The molecular weight excluding hydrogens is 378 g/mol. The number of nitrogens with one attached hydrogen (secondary N) is 1. The van der Waals surface area contributed by atoms with E-state index in [1.165, 1.54) is 17.4 Å². The molecule has 1 fully saturated rings. The van der Waals surface area contributed by atoms with Gasteiger partial charge in [-0.2, -0.15) is 4.98 Å². The number of primary amides is 1. The molecule has 0 radical (unpaired) electrons. The lowest BCUT2D eigenvalue weighted by Gasteiger charge is -2.30. The van der Waals surface area contributed by atoms with Gasteiger partial charge in [-0.15, -0.1) is 21.5 Å². The quantitative estimate of drug-likeness (QED) is 0.707. The number of thiophene rings is 1. The van der Waals surface area contributed by atoms with E-state index in [-0.39, 0.29) is 29.5 Å². The Hall–Kier alpha value is -3.01. The van der Waals surface area contributed by atoms with Crippen molar-refractivity contribution >= 4 is 39.9 Å². The Morgan fingerprint density at radius 2 is 2.21 bits per heavy atom. The van der Waals surface area contributed by atoms with Crippen LogP contribution in [0.1, 0.15) is 29.4 Å². The molecule has 3 rings (SSSR count). The first kappa shape index (κ1) is 19.7. The topological polar surface area (TPSA) is 117 Å². The van der Waals surface area contributed by atoms with Gasteiger partial charge in [-0.25, -0.2) is 0 Å². The summed E-state index contributed by atoms with van der Waals surface area (Å²) in [5, 5.41) is 14.0. The molecule has 3 heterocycles. The summed E-state index contributed by atoms with van der Waals surface area (Å²) in [5.74, 6) is -0.190. The molecule has 0 spiro atoms. The van der Waals surface area contributed by atoms with E-state index in [1.807, 2.05) is 37.2 Å². The van der Waals surface area contributed by atoms with Crippen molar-refractivity contribution < 1.29 is 9.59 Å². The summed E-state index contributed by atoms with van der Waals surface area (Å²) >= 11 is 1.49. The lowest BCUT2D eigenvalue weighted by Crippen LogP contribution is -2.44. The Labute approximate surface area is 167 Å². The molecule has 148 valence electrons. The van der Waals surface area contributed by atoms with Gasteiger partial charge in [0.2, 0.25) is 11.9 Å². The summed E-state index contributed by atoms with van der Waals surface area (Å²) in [6.45, 7) is 8.15. The number of nitrogens with zero attached hydrogens (tertiary/aromatic N) is 5. The van der Waals surface area contributed by atoms with Gasteiger partial charge in [0, 0.05) is 19.6 Å². The van der Waals surface area contributed by atoms with Gasteiger partial charge >= 0.3 is 0 Å². The SMILES string of the molecule is C=CC(=O)N1CC[C@@H](N(C)c2nnc(C(N)=O)c(Nc3cc(C)cs3)n2)[C@H]1C. The Morgan fingerprint density at radius 3 is 2.82 bits per heavy atom. The number of likely N-dealkylation sites (tertiary alicyclic amines) is 1. The Balaban J connectivity index is 1.87. The average Bonchev–Trinajstić information content (AvgIpc) is 3.25. The first-order valence-electron chi connectivity index (χ1n) is 8.84. The molecule has 2 aromatic heterocycles. The van der Waals surface area contributed by atoms with Crippen LogP contribution in [0.3, 0.4) is 0 Å². The first-order valence-corrected chi connectivity index (χ1v) is 9.72. The first-order chi connectivity index (χ1) is 13.3. The minimum Gasteiger partial charge on any atom is -0.364 e.